The van der Waals surface area contributed by atoms with Crippen molar-refractivity contribution in [3.05, 3.63) is 0 Å². The summed E-state index contributed by atoms with van der Waals surface area (Å²) in [5, 5.41) is 0.564. The molecule has 6 aliphatic heterocycles. The lowest BCUT2D eigenvalue weighted by Gasteiger charge is -2.39. The molecule has 0 unspecified atom stereocenters. The highest BCUT2D eigenvalue weighted by atomic mass is 32.3. The molecule has 0 aliphatic carbocycles. The third-order valence-corrected chi connectivity index (χ3v) is 9.76. The molecule has 23 heteroatoms. The molecule has 8 amide bonds. The first-order valence-electron chi connectivity index (χ1n) is 17.7. The van der Waals surface area contributed by atoms with Crippen molar-refractivity contribution in [2.24, 2.45) is 0 Å². The number of likely N-dealkylation sites (N-methyl/N-ethyl adjacent to an activating group) is 1. The molecule has 4 bridgehead atoms. The smallest absolute Gasteiger partial charge is 0.418 e. The van der Waals surface area contributed by atoms with E-state index in [4.69, 9.17) is 23.7 Å². The Labute approximate surface area is 313 Å². The first kappa shape index (κ1) is 41.0. The maximum Gasteiger partial charge on any atom is 0.418 e. The Morgan fingerprint density at radius 2 is 1.07 bits per heavy atom. The molecule has 6 aliphatic rings. The van der Waals surface area contributed by atoms with Crippen molar-refractivity contribution < 1.29 is 65.2 Å². The molecule has 6 rings (SSSR count). The number of hydrogen-bond acceptors (Lipinski definition) is 13. The second-order valence-electron chi connectivity index (χ2n) is 16.0. The average molecular weight is 791 g/mol. The van der Waals surface area contributed by atoms with E-state index in [0.717, 1.165) is 11.3 Å². The number of hydroxylamine groups is 4. The van der Waals surface area contributed by atoms with Crippen molar-refractivity contribution in [1.82, 2.24) is 40.5 Å². The first-order valence-corrected chi connectivity index (χ1v) is 19.0. The second-order valence-corrected chi connectivity index (χ2v) is 17.0. The second kappa shape index (κ2) is 15.5. The summed E-state index contributed by atoms with van der Waals surface area (Å²) in [5.41, 5.74) is 3.60. The Hall–Kier alpha value is -4.19. The number of urea groups is 2. The standard InChI is InChI=1S/C16H26N4O5.C15H24N4O9S/c1-16(2,3)24-15(23)19-8-11(9-19)25-17-13(21)12-6-5-10-7-20(12)14(22)18(10)4;1-15(2,3)26-14(22)17-7-10(8-17)27-16-12(20)11-5-4-9-6-18(11)13(21)19(9)28-29(23,24)25/h10-12H,5-9H2,1-4H3,(H,17,21);9-11H,4-8H2,1-3H3,(H,16,20)(H,23,24,25)/t10-,12+;9-,11+/m11/s1. The Balaban J connectivity index is 0.000000210. The minimum atomic E-state index is -4.85. The summed E-state index contributed by atoms with van der Waals surface area (Å²) in [6, 6.07) is -2.67. The van der Waals surface area contributed by atoms with Crippen molar-refractivity contribution in [2.45, 2.75) is 115 Å². The molecule has 6 heterocycles. The van der Waals surface area contributed by atoms with Crippen LogP contribution in [0.5, 0.6) is 0 Å². The number of fused-ring (bicyclic) bond motifs is 4. The van der Waals surface area contributed by atoms with Gasteiger partial charge in [-0.05, 0) is 67.2 Å². The summed E-state index contributed by atoms with van der Waals surface area (Å²) < 4.78 is 45.4. The lowest BCUT2D eigenvalue weighted by molar-refractivity contribution is -0.153. The molecule has 0 aromatic rings. The van der Waals surface area contributed by atoms with E-state index in [-0.39, 0.29) is 56.2 Å². The Morgan fingerprint density at radius 1 is 0.667 bits per heavy atom. The molecule has 4 atom stereocenters. The van der Waals surface area contributed by atoms with Gasteiger partial charge in [0.15, 0.2) is 0 Å². The Kier molecular flexibility index (Phi) is 11.8. The number of rotatable bonds is 8. The van der Waals surface area contributed by atoms with Crippen LogP contribution in [0.3, 0.4) is 0 Å². The number of nitrogens with zero attached hydrogens (tertiary/aromatic N) is 6. The van der Waals surface area contributed by atoms with Crippen LogP contribution >= 0.6 is 0 Å². The zero-order valence-electron chi connectivity index (χ0n) is 31.4. The molecule has 54 heavy (non-hydrogen) atoms. The number of hydrogen-bond donors (Lipinski definition) is 3. The van der Waals surface area contributed by atoms with Crippen LogP contribution in [0.25, 0.3) is 0 Å². The Bertz CT molecular complexity index is 1590. The number of likely N-dealkylation sites (tertiary alicyclic amines) is 2. The highest BCUT2D eigenvalue weighted by molar-refractivity contribution is 7.80. The molecule has 0 aromatic carbocycles. The van der Waals surface area contributed by atoms with E-state index >= 15 is 0 Å². The van der Waals surface area contributed by atoms with Gasteiger partial charge in [-0.15, -0.1) is 4.28 Å². The molecule has 0 saturated carbocycles. The topological polar surface area (TPSA) is 246 Å². The van der Waals surface area contributed by atoms with E-state index in [1.54, 1.807) is 37.6 Å². The maximum atomic E-state index is 12.4. The molecule has 0 aromatic heterocycles. The number of carbonyl (C=O) groups excluding carboxylic acids is 6. The van der Waals surface area contributed by atoms with Crippen LogP contribution in [0.15, 0.2) is 0 Å². The summed E-state index contributed by atoms with van der Waals surface area (Å²) in [4.78, 5) is 90.9. The van der Waals surface area contributed by atoms with Crippen molar-refractivity contribution in [2.75, 3.05) is 46.3 Å². The Morgan fingerprint density at radius 3 is 1.50 bits per heavy atom. The van der Waals surface area contributed by atoms with Gasteiger partial charge in [0.25, 0.3) is 11.8 Å². The van der Waals surface area contributed by atoms with Crippen molar-refractivity contribution in [1.29, 1.82) is 0 Å². The molecule has 0 radical (unpaired) electrons. The quantitative estimate of drug-likeness (QED) is 0.220. The van der Waals surface area contributed by atoms with Gasteiger partial charge in [-0.1, -0.05) is 0 Å². The minimum absolute atomic E-state index is 0.0856. The summed E-state index contributed by atoms with van der Waals surface area (Å²) in [5.74, 6) is -0.876. The molecule has 304 valence electrons. The van der Waals surface area contributed by atoms with E-state index in [0.29, 0.717) is 37.5 Å². The minimum Gasteiger partial charge on any atom is -0.444 e. The van der Waals surface area contributed by atoms with E-state index in [9.17, 15) is 37.2 Å². The third-order valence-electron chi connectivity index (χ3n) is 9.41. The van der Waals surface area contributed by atoms with Gasteiger partial charge >= 0.3 is 34.6 Å². The summed E-state index contributed by atoms with van der Waals surface area (Å²) in [6.07, 6.45) is 0.502. The van der Waals surface area contributed by atoms with Gasteiger partial charge in [0.05, 0.1) is 38.3 Å². The number of nitrogens with one attached hydrogen (secondary N) is 2. The molecule has 0 spiro atoms. The van der Waals surface area contributed by atoms with Gasteiger partial charge in [-0.2, -0.15) is 13.5 Å². The normalized spacial score (nSPS) is 25.8. The molecule has 6 fully saturated rings. The highest BCUT2D eigenvalue weighted by Crippen LogP contribution is 2.31. The van der Waals surface area contributed by atoms with Crippen LogP contribution in [0, 0.1) is 0 Å². The monoisotopic (exact) mass is 790 g/mol. The van der Waals surface area contributed by atoms with Crippen LogP contribution in [-0.4, -0.2) is 172 Å². The van der Waals surface area contributed by atoms with Gasteiger partial charge in [0.2, 0.25) is 0 Å². The van der Waals surface area contributed by atoms with Crippen molar-refractivity contribution in [3.8, 4) is 0 Å². The fraction of sp³-hybridized carbons (Fsp3) is 0.806. The lowest BCUT2D eigenvalue weighted by atomic mass is 10.0. The predicted octanol–water partition coefficient (Wildman–Crippen LogP) is 0.208. The highest BCUT2D eigenvalue weighted by Gasteiger charge is 2.50. The lowest BCUT2D eigenvalue weighted by Crippen LogP contribution is -2.58. The third kappa shape index (κ3) is 9.91. The number of carbonyl (C=O) groups is 6. The number of amides is 8. The van der Waals surface area contributed by atoms with Crippen molar-refractivity contribution >= 4 is 46.5 Å². The van der Waals surface area contributed by atoms with Gasteiger partial charge in [0.1, 0.15) is 35.5 Å². The zero-order chi connectivity index (χ0) is 39.9. The van der Waals surface area contributed by atoms with Crippen molar-refractivity contribution in [3.63, 3.8) is 0 Å². The van der Waals surface area contributed by atoms with E-state index < -0.39 is 63.9 Å². The van der Waals surface area contributed by atoms with Crippen LogP contribution in [0.4, 0.5) is 19.2 Å². The number of piperidine rings is 2. The predicted molar refractivity (Wildman–Crippen MR) is 182 cm³/mol. The molecular weight excluding hydrogens is 740 g/mol. The fourth-order valence-corrected chi connectivity index (χ4v) is 7.00. The SMILES string of the molecule is CC(C)(C)OC(=O)N1CC(ONC(=O)[C@@H]2CC[C@@H]3CN2C(=O)N3OS(=O)(=O)O)C1.CN1C(=O)N2C[C@H]1CC[C@H]2C(=O)NOC1CN(C(=O)OC(C)(C)C)C1. The average Bonchev–Trinajstić information content (AvgIpc) is 3.36. The molecule has 22 nitrogen and oxygen atoms in total. The van der Waals surface area contributed by atoms with Crippen LogP contribution in [-0.2, 0) is 43.4 Å². The molecular formula is C31H50N8O14S. The van der Waals surface area contributed by atoms with Gasteiger partial charge in [0, 0.05) is 20.1 Å². The summed E-state index contributed by atoms with van der Waals surface area (Å²) in [6.45, 7) is 12.6. The van der Waals surface area contributed by atoms with Gasteiger partial charge in [-0.3, -0.25) is 23.8 Å². The number of ether oxygens (including phenoxy) is 2. The van der Waals surface area contributed by atoms with Gasteiger partial charge < -0.3 is 34.0 Å². The summed E-state index contributed by atoms with van der Waals surface area (Å²) in [7, 11) is -3.08. The van der Waals surface area contributed by atoms with Gasteiger partial charge in [-0.25, -0.2) is 30.1 Å². The van der Waals surface area contributed by atoms with E-state index in [2.05, 4.69) is 15.2 Å². The molecule has 3 N–H and O–H groups in total. The fourth-order valence-electron chi connectivity index (χ4n) is 6.61. The maximum absolute atomic E-state index is 12.4. The first-order chi connectivity index (χ1) is 25.0. The van der Waals surface area contributed by atoms with Crippen LogP contribution in [0.2, 0.25) is 0 Å². The van der Waals surface area contributed by atoms with Crippen LogP contribution in [0.1, 0.15) is 67.2 Å². The van der Waals surface area contributed by atoms with E-state index in [1.165, 1.54) is 9.80 Å². The largest absolute Gasteiger partial charge is 0.444 e. The zero-order valence-corrected chi connectivity index (χ0v) is 32.2. The summed E-state index contributed by atoms with van der Waals surface area (Å²) >= 11 is 0. The van der Waals surface area contributed by atoms with E-state index in [1.807, 2.05) is 20.8 Å². The molecule has 6 saturated heterocycles. The van der Waals surface area contributed by atoms with Crippen LogP contribution < -0.4 is 11.0 Å².